The van der Waals surface area contributed by atoms with Crippen LogP contribution in [0.1, 0.15) is 21.5 Å². The summed E-state index contributed by atoms with van der Waals surface area (Å²) >= 11 is 0. The molecule has 104 valence electrons. The molecule has 0 unspecified atom stereocenters. The van der Waals surface area contributed by atoms with E-state index < -0.39 is 11.8 Å². The Kier molecular flexibility index (Phi) is 3.61. The fraction of sp³-hybridized carbons (Fsp3) is 0.133. The first-order chi connectivity index (χ1) is 9.36. The average Bonchev–Trinajstić information content (AvgIpc) is 2.30. The van der Waals surface area contributed by atoms with Gasteiger partial charge in [-0.3, -0.25) is 0 Å². The Morgan fingerprint density at radius 2 is 1.75 bits per heavy atom. The van der Waals surface area contributed by atoms with Gasteiger partial charge in [0.05, 0.1) is 5.56 Å². The fourth-order valence-electron chi connectivity index (χ4n) is 1.95. The minimum Gasteiger partial charge on any atom is -0.478 e. The third kappa shape index (κ3) is 2.88. The van der Waals surface area contributed by atoms with Crippen LogP contribution in [0, 0.1) is 19.7 Å². The van der Waals surface area contributed by atoms with Crippen LogP contribution in [0.25, 0.3) is 0 Å². The van der Waals surface area contributed by atoms with Gasteiger partial charge < -0.3 is 15.6 Å². The SMILES string of the molecule is Cc1cc(C)cc(Oc2cc(C(=O)O)c(N)cc2F)c1. The molecule has 0 radical (unpaired) electrons. The lowest BCUT2D eigenvalue weighted by Crippen LogP contribution is -2.04. The summed E-state index contributed by atoms with van der Waals surface area (Å²) in [6, 6.07) is 7.47. The number of nitrogen functional groups attached to an aromatic ring is 1. The van der Waals surface area contributed by atoms with Gasteiger partial charge in [0.1, 0.15) is 5.75 Å². The fourth-order valence-corrected chi connectivity index (χ4v) is 1.95. The van der Waals surface area contributed by atoms with Gasteiger partial charge in [0.15, 0.2) is 11.6 Å². The van der Waals surface area contributed by atoms with Crippen molar-refractivity contribution in [2.75, 3.05) is 5.73 Å². The highest BCUT2D eigenvalue weighted by Gasteiger charge is 2.15. The summed E-state index contributed by atoms with van der Waals surface area (Å²) in [5, 5.41) is 8.98. The second-order valence-electron chi connectivity index (χ2n) is 4.60. The summed E-state index contributed by atoms with van der Waals surface area (Å²) < 4.78 is 19.2. The molecule has 0 saturated heterocycles. The van der Waals surface area contributed by atoms with Crippen LogP contribution in [-0.2, 0) is 0 Å². The van der Waals surface area contributed by atoms with E-state index in [9.17, 15) is 9.18 Å². The van der Waals surface area contributed by atoms with Gasteiger partial charge in [0.2, 0.25) is 0 Å². The summed E-state index contributed by atoms with van der Waals surface area (Å²) in [5.74, 6) is -1.65. The Bertz CT molecular complexity index is 663. The molecule has 2 rings (SSSR count). The number of rotatable bonds is 3. The van der Waals surface area contributed by atoms with Gasteiger partial charge in [-0.1, -0.05) is 6.07 Å². The van der Waals surface area contributed by atoms with Crippen LogP contribution in [0.3, 0.4) is 0 Å². The Morgan fingerprint density at radius 1 is 1.15 bits per heavy atom. The van der Waals surface area contributed by atoms with Crippen LogP contribution >= 0.6 is 0 Å². The molecule has 0 fully saturated rings. The number of benzene rings is 2. The van der Waals surface area contributed by atoms with Gasteiger partial charge in [0.25, 0.3) is 0 Å². The van der Waals surface area contributed by atoms with E-state index in [0.29, 0.717) is 5.75 Å². The lowest BCUT2D eigenvalue weighted by molar-refractivity contribution is 0.0697. The number of carbonyl (C=O) groups is 1. The normalized spacial score (nSPS) is 10.3. The monoisotopic (exact) mass is 275 g/mol. The Labute approximate surface area is 115 Å². The zero-order valence-electron chi connectivity index (χ0n) is 11.1. The maximum Gasteiger partial charge on any atom is 0.337 e. The minimum atomic E-state index is -1.23. The maximum atomic E-state index is 13.8. The third-order valence-electron chi connectivity index (χ3n) is 2.76. The molecule has 4 nitrogen and oxygen atoms in total. The summed E-state index contributed by atoms with van der Waals surface area (Å²) in [4.78, 5) is 11.0. The molecule has 0 aromatic heterocycles. The number of anilines is 1. The molecule has 0 aliphatic rings. The molecule has 3 N–H and O–H groups in total. The molecule has 0 heterocycles. The van der Waals surface area contributed by atoms with E-state index in [1.807, 2.05) is 19.9 Å². The van der Waals surface area contributed by atoms with Crippen molar-refractivity contribution in [1.29, 1.82) is 0 Å². The Morgan fingerprint density at radius 3 is 2.30 bits per heavy atom. The standard InChI is InChI=1S/C15H14FNO3/c1-8-3-9(2)5-10(4-8)20-14-6-11(15(18)19)13(17)7-12(14)16/h3-7H,17H2,1-2H3,(H,18,19). The third-order valence-corrected chi connectivity index (χ3v) is 2.76. The van der Waals surface area contributed by atoms with E-state index in [2.05, 4.69) is 0 Å². The van der Waals surface area contributed by atoms with E-state index in [4.69, 9.17) is 15.6 Å². The lowest BCUT2D eigenvalue weighted by atomic mass is 10.1. The van der Waals surface area contributed by atoms with Crippen molar-refractivity contribution in [3.05, 3.63) is 52.8 Å². The van der Waals surface area contributed by atoms with Gasteiger partial charge in [-0.05, 0) is 37.1 Å². The number of carboxylic acid groups (broad SMARTS) is 1. The molecule has 0 saturated carbocycles. The van der Waals surface area contributed by atoms with Crippen LogP contribution in [0.15, 0.2) is 30.3 Å². The van der Waals surface area contributed by atoms with Crippen molar-refractivity contribution < 1.29 is 19.0 Å². The van der Waals surface area contributed by atoms with E-state index in [1.54, 1.807) is 12.1 Å². The molecule has 2 aromatic rings. The van der Waals surface area contributed by atoms with Gasteiger partial charge in [-0.15, -0.1) is 0 Å². The minimum absolute atomic E-state index is 0.136. The van der Waals surface area contributed by atoms with Crippen LogP contribution in [0.5, 0.6) is 11.5 Å². The number of nitrogens with two attached hydrogens (primary N) is 1. The number of aromatic carboxylic acids is 1. The van der Waals surface area contributed by atoms with Crippen molar-refractivity contribution in [2.45, 2.75) is 13.8 Å². The number of hydrogen-bond donors (Lipinski definition) is 2. The first-order valence-electron chi connectivity index (χ1n) is 5.95. The molecule has 0 amide bonds. The summed E-state index contributed by atoms with van der Waals surface area (Å²) in [6.07, 6.45) is 0. The van der Waals surface area contributed by atoms with E-state index in [0.717, 1.165) is 23.3 Å². The summed E-state index contributed by atoms with van der Waals surface area (Å²) in [7, 11) is 0. The second kappa shape index (κ2) is 5.21. The molecule has 0 bridgehead atoms. The zero-order chi connectivity index (χ0) is 14.9. The van der Waals surface area contributed by atoms with Crippen molar-refractivity contribution in [1.82, 2.24) is 0 Å². The molecule has 0 spiro atoms. The van der Waals surface area contributed by atoms with Gasteiger partial charge in [-0.25, -0.2) is 9.18 Å². The van der Waals surface area contributed by atoms with E-state index in [1.165, 1.54) is 0 Å². The predicted molar refractivity (Wildman–Crippen MR) is 73.8 cm³/mol. The molecular formula is C15H14FNO3. The van der Waals surface area contributed by atoms with Gasteiger partial charge in [-0.2, -0.15) is 0 Å². The second-order valence-corrected chi connectivity index (χ2v) is 4.60. The maximum absolute atomic E-state index is 13.8. The van der Waals surface area contributed by atoms with E-state index >= 15 is 0 Å². The first kappa shape index (κ1) is 13.9. The predicted octanol–water partition coefficient (Wildman–Crippen LogP) is 3.52. The first-order valence-corrected chi connectivity index (χ1v) is 5.95. The highest BCUT2D eigenvalue weighted by Crippen LogP contribution is 2.29. The summed E-state index contributed by atoms with van der Waals surface area (Å²) in [5.41, 5.74) is 7.06. The number of ether oxygens (including phenoxy) is 1. The topological polar surface area (TPSA) is 72.5 Å². The number of hydrogen-bond acceptors (Lipinski definition) is 3. The highest BCUT2D eigenvalue weighted by atomic mass is 19.1. The number of halogens is 1. The zero-order valence-corrected chi connectivity index (χ0v) is 11.1. The lowest BCUT2D eigenvalue weighted by Gasteiger charge is -2.10. The van der Waals surface area contributed by atoms with Crippen LogP contribution in [-0.4, -0.2) is 11.1 Å². The van der Waals surface area contributed by atoms with Crippen molar-refractivity contribution in [3.63, 3.8) is 0 Å². The molecule has 20 heavy (non-hydrogen) atoms. The highest BCUT2D eigenvalue weighted by molar-refractivity contribution is 5.94. The molecule has 2 aromatic carbocycles. The van der Waals surface area contributed by atoms with Gasteiger partial charge in [0, 0.05) is 17.8 Å². The molecule has 5 heteroatoms. The smallest absolute Gasteiger partial charge is 0.337 e. The Balaban J connectivity index is 2.42. The molecule has 0 aliphatic carbocycles. The number of carboxylic acids is 1. The molecular weight excluding hydrogens is 261 g/mol. The largest absolute Gasteiger partial charge is 0.478 e. The van der Waals surface area contributed by atoms with Gasteiger partial charge >= 0.3 is 5.97 Å². The molecule has 0 atom stereocenters. The van der Waals surface area contributed by atoms with Crippen LogP contribution in [0.4, 0.5) is 10.1 Å². The van der Waals surface area contributed by atoms with Crippen molar-refractivity contribution in [3.8, 4) is 11.5 Å². The average molecular weight is 275 g/mol. The summed E-state index contributed by atoms with van der Waals surface area (Å²) in [6.45, 7) is 3.78. The van der Waals surface area contributed by atoms with Crippen LogP contribution < -0.4 is 10.5 Å². The number of aryl methyl sites for hydroxylation is 2. The Hall–Kier alpha value is -2.56. The molecule has 0 aliphatic heterocycles. The van der Waals surface area contributed by atoms with Crippen LogP contribution in [0.2, 0.25) is 0 Å². The van der Waals surface area contributed by atoms with Crippen molar-refractivity contribution >= 4 is 11.7 Å². The quantitative estimate of drug-likeness (QED) is 0.841. The van der Waals surface area contributed by atoms with E-state index in [-0.39, 0.29) is 17.0 Å². The van der Waals surface area contributed by atoms with Crippen molar-refractivity contribution in [2.24, 2.45) is 0 Å².